The molecule has 2 saturated heterocycles. The first-order chi connectivity index (χ1) is 5.72. The number of nitrogens with two attached hydrogens (primary N) is 1. The summed E-state index contributed by atoms with van der Waals surface area (Å²) in [6.07, 6.45) is 2.67. The number of hydrogen-bond donors (Lipinski definition) is 1. The molecule has 1 saturated carbocycles. The summed E-state index contributed by atoms with van der Waals surface area (Å²) >= 11 is 0. The van der Waals surface area contributed by atoms with Gasteiger partial charge in [-0.3, -0.25) is 0 Å². The summed E-state index contributed by atoms with van der Waals surface area (Å²) in [5, 5.41) is 0. The van der Waals surface area contributed by atoms with Gasteiger partial charge in [-0.15, -0.1) is 0 Å². The van der Waals surface area contributed by atoms with Crippen LogP contribution in [0.3, 0.4) is 0 Å². The van der Waals surface area contributed by atoms with Crippen LogP contribution in [0.15, 0.2) is 0 Å². The molecule has 0 radical (unpaired) electrons. The van der Waals surface area contributed by atoms with Gasteiger partial charge in [0, 0.05) is 25.2 Å². The van der Waals surface area contributed by atoms with E-state index in [2.05, 4.69) is 18.7 Å². The molecule has 2 N–H and O–H groups in total. The van der Waals surface area contributed by atoms with Gasteiger partial charge in [-0.05, 0) is 31.6 Å². The van der Waals surface area contributed by atoms with Crippen LogP contribution in [0, 0.1) is 11.8 Å². The quantitative estimate of drug-likeness (QED) is 0.668. The molecule has 0 amide bonds. The Balaban J connectivity index is 1.90. The summed E-state index contributed by atoms with van der Waals surface area (Å²) in [5.74, 6) is 1.63. The Hall–Kier alpha value is -0.0800. The predicted octanol–water partition coefficient (Wildman–Crippen LogP) is 1.06. The molecule has 2 heteroatoms. The molecule has 12 heavy (non-hydrogen) atoms. The molecule has 70 valence electrons. The molecule has 0 spiro atoms. The van der Waals surface area contributed by atoms with Gasteiger partial charge < -0.3 is 10.6 Å². The average Bonchev–Trinajstić information content (AvgIpc) is 2.16. The van der Waals surface area contributed by atoms with Crippen LogP contribution >= 0.6 is 0 Å². The average molecular weight is 168 g/mol. The Bertz CT molecular complexity index is 157. The lowest BCUT2D eigenvalue weighted by Gasteiger charge is -2.53. The lowest BCUT2D eigenvalue weighted by molar-refractivity contribution is -0.0166. The molecule has 0 aromatic carbocycles. The van der Waals surface area contributed by atoms with Gasteiger partial charge in [0.1, 0.15) is 0 Å². The van der Waals surface area contributed by atoms with Crippen LogP contribution < -0.4 is 5.73 Å². The van der Waals surface area contributed by atoms with Crippen molar-refractivity contribution in [2.75, 3.05) is 13.1 Å². The van der Waals surface area contributed by atoms with Gasteiger partial charge in [0.05, 0.1) is 0 Å². The largest absolute Gasteiger partial charge is 0.327 e. The molecule has 2 heterocycles. The van der Waals surface area contributed by atoms with Gasteiger partial charge in [0.25, 0.3) is 0 Å². The highest BCUT2D eigenvalue weighted by atomic mass is 15.2. The number of fused-ring (bicyclic) bond motifs is 2. The number of rotatable bonds is 2. The summed E-state index contributed by atoms with van der Waals surface area (Å²) in [5.41, 5.74) is 6.01. The maximum Gasteiger partial charge on any atom is 0.0120 e. The predicted molar refractivity (Wildman–Crippen MR) is 50.9 cm³/mol. The van der Waals surface area contributed by atoms with E-state index in [-0.39, 0.29) is 0 Å². The second-order valence-electron chi connectivity index (χ2n) is 4.54. The highest BCUT2D eigenvalue weighted by molar-refractivity contribution is 5.00. The van der Waals surface area contributed by atoms with Crippen molar-refractivity contribution in [2.24, 2.45) is 17.6 Å². The number of hydrogen-bond acceptors (Lipinski definition) is 2. The van der Waals surface area contributed by atoms with Crippen LogP contribution in [0.4, 0.5) is 0 Å². The Morgan fingerprint density at radius 2 is 2.00 bits per heavy atom. The van der Waals surface area contributed by atoms with E-state index in [1.165, 1.54) is 25.9 Å². The second kappa shape index (κ2) is 3.00. The minimum Gasteiger partial charge on any atom is -0.327 e. The zero-order valence-electron chi connectivity index (χ0n) is 8.16. The van der Waals surface area contributed by atoms with Crippen molar-refractivity contribution in [3.8, 4) is 0 Å². The summed E-state index contributed by atoms with van der Waals surface area (Å²) in [6.45, 7) is 7.11. The van der Waals surface area contributed by atoms with Gasteiger partial charge >= 0.3 is 0 Å². The van der Waals surface area contributed by atoms with Crippen LogP contribution in [0.1, 0.15) is 26.7 Å². The first kappa shape index (κ1) is 8.52. The molecule has 3 aliphatic rings. The van der Waals surface area contributed by atoms with Crippen molar-refractivity contribution in [3.05, 3.63) is 0 Å². The standard InChI is InChI=1S/C10H20N2/c1-3-7(2)12-5-8-4-9(6-12)10(8)11/h7-10H,3-6,11H2,1-2H3. The highest BCUT2D eigenvalue weighted by Gasteiger charge is 2.44. The summed E-state index contributed by atoms with van der Waals surface area (Å²) in [7, 11) is 0. The van der Waals surface area contributed by atoms with E-state index in [1.807, 2.05) is 0 Å². The van der Waals surface area contributed by atoms with Crippen molar-refractivity contribution in [1.82, 2.24) is 4.90 Å². The van der Waals surface area contributed by atoms with Crippen molar-refractivity contribution in [2.45, 2.75) is 38.8 Å². The molecule has 3 unspecified atom stereocenters. The van der Waals surface area contributed by atoms with E-state index in [0.29, 0.717) is 6.04 Å². The van der Waals surface area contributed by atoms with E-state index < -0.39 is 0 Å². The van der Waals surface area contributed by atoms with Gasteiger partial charge in [-0.2, -0.15) is 0 Å². The van der Waals surface area contributed by atoms with Crippen molar-refractivity contribution >= 4 is 0 Å². The van der Waals surface area contributed by atoms with Gasteiger partial charge in [0.15, 0.2) is 0 Å². The van der Waals surface area contributed by atoms with Crippen LogP contribution in [0.25, 0.3) is 0 Å². The van der Waals surface area contributed by atoms with Gasteiger partial charge in [-0.25, -0.2) is 0 Å². The molecule has 3 fully saturated rings. The third-order valence-corrected chi connectivity index (χ3v) is 3.85. The zero-order chi connectivity index (χ0) is 8.72. The fourth-order valence-corrected chi connectivity index (χ4v) is 2.58. The Labute approximate surface area is 75.1 Å². The fourth-order valence-electron chi connectivity index (χ4n) is 2.58. The Morgan fingerprint density at radius 3 is 2.42 bits per heavy atom. The van der Waals surface area contributed by atoms with Crippen molar-refractivity contribution in [1.29, 1.82) is 0 Å². The third kappa shape index (κ3) is 1.17. The topological polar surface area (TPSA) is 29.3 Å². The smallest absolute Gasteiger partial charge is 0.0120 e. The fraction of sp³-hybridized carbons (Fsp3) is 1.00. The summed E-state index contributed by atoms with van der Waals surface area (Å²) in [4.78, 5) is 2.61. The van der Waals surface area contributed by atoms with E-state index in [0.717, 1.165) is 17.9 Å². The number of piperidine rings is 2. The van der Waals surface area contributed by atoms with Crippen LogP contribution in [-0.2, 0) is 0 Å². The molecule has 0 aromatic rings. The molecular formula is C10H20N2. The van der Waals surface area contributed by atoms with Crippen LogP contribution in [0.2, 0.25) is 0 Å². The maximum atomic E-state index is 6.01. The minimum absolute atomic E-state index is 0.533. The summed E-state index contributed by atoms with van der Waals surface area (Å²) < 4.78 is 0. The SMILES string of the molecule is CCC(C)N1CC2CC(C1)C2N. The van der Waals surface area contributed by atoms with E-state index in [4.69, 9.17) is 5.73 Å². The van der Waals surface area contributed by atoms with Gasteiger partial charge in [-0.1, -0.05) is 6.92 Å². The maximum absolute atomic E-state index is 6.01. The highest BCUT2D eigenvalue weighted by Crippen LogP contribution is 2.39. The first-order valence-electron chi connectivity index (χ1n) is 5.22. The molecule has 2 bridgehead atoms. The number of nitrogens with zero attached hydrogens (tertiary/aromatic N) is 1. The van der Waals surface area contributed by atoms with E-state index in [1.54, 1.807) is 0 Å². The molecule has 3 atom stereocenters. The van der Waals surface area contributed by atoms with Crippen LogP contribution in [0.5, 0.6) is 0 Å². The monoisotopic (exact) mass is 168 g/mol. The molecule has 0 aromatic heterocycles. The molecule has 1 aliphatic carbocycles. The second-order valence-corrected chi connectivity index (χ2v) is 4.54. The van der Waals surface area contributed by atoms with E-state index >= 15 is 0 Å². The lowest BCUT2D eigenvalue weighted by Crippen LogP contribution is -2.63. The van der Waals surface area contributed by atoms with Crippen molar-refractivity contribution < 1.29 is 0 Å². The van der Waals surface area contributed by atoms with Crippen LogP contribution in [-0.4, -0.2) is 30.1 Å². The summed E-state index contributed by atoms with van der Waals surface area (Å²) in [6, 6.07) is 1.30. The van der Waals surface area contributed by atoms with Crippen molar-refractivity contribution in [3.63, 3.8) is 0 Å². The molecule has 3 rings (SSSR count). The molecular weight excluding hydrogens is 148 g/mol. The van der Waals surface area contributed by atoms with E-state index in [9.17, 15) is 0 Å². The zero-order valence-corrected chi connectivity index (χ0v) is 8.16. The Morgan fingerprint density at radius 1 is 1.42 bits per heavy atom. The Kier molecular flexibility index (Phi) is 2.13. The molecule has 2 aliphatic heterocycles. The molecule has 2 nitrogen and oxygen atoms in total. The normalized spacial score (nSPS) is 43.8. The lowest BCUT2D eigenvalue weighted by atomic mass is 9.66. The minimum atomic E-state index is 0.533. The van der Waals surface area contributed by atoms with Gasteiger partial charge in [0.2, 0.25) is 0 Å². The third-order valence-electron chi connectivity index (χ3n) is 3.85. The first-order valence-corrected chi connectivity index (χ1v) is 5.22.